The van der Waals surface area contributed by atoms with Crippen molar-refractivity contribution in [2.24, 2.45) is 0 Å². The van der Waals surface area contributed by atoms with Crippen LogP contribution in [0.5, 0.6) is 0 Å². The van der Waals surface area contributed by atoms with Gasteiger partial charge in [0.05, 0.1) is 22.8 Å². The highest BCUT2D eigenvalue weighted by Crippen LogP contribution is 2.25. The number of benzene rings is 2. The van der Waals surface area contributed by atoms with Crippen molar-refractivity contribution in [3.63, 3.8) is 0 Å². The molecule has 4 rings (SSSR count). The van der Waals surface area contributed by atoms with E-state index in [1.54, 1.807) is 12.4 Å². The third kappa shape index (κ3) is 3.49. The molecule has 4 aromatic rings. The maximum Gasteiger partial charge on any atom is 0.252 e. The second kappa shape index (κ2) is 7.61. The zero-order valence-electron chi connectivity index (χ0n) is 15.9. The van der Waals surface area contributed by atoms with Gasteiger partial charge in [-0.25, -0.2) is 4.98 Å². The van der Waals surface area contributed by atoms with Crippen LogP contribution in [0.25, 0.3) is 22.2 Å². The molecule has 0 radical (unpaired) electrons. The number of fused-ring (bicyclic) bond motifs is 1. The zero-order valence-corrected chi connectivity index (χ0v) is 15.9. The third-order valence-electron chi connectivity index (χ3n) is 4.94. The highest BCUT2D eigenvalue weighted by Gasteiger charge is 2.17. The minimum Gasteiger partial charge on any atom is -0.345 e. The van der Waals surface area contributed by atoms with Crippen molar-refractivity contribution < 1.29 is 4.79 Å². The minimum atomic E-state index is -0.107. The predicted molar refractivity (Wildman–Crippen MR) is 112 cm³/mol. The molecule has 2 aromatic carbocycles. The van der Waals surface area contributed by atoms with Crippen LogP contribution < -0.4 is 5.32 Å². The molecule has 2 aromatic heterocycles. The fourth-order valence-corrected chi connectivity index (χ4v) is 3.46. The van der Waals surface area contributed by atoms with Crippen LogP contribution in [0.4, 0.5) is 0 Å². The van der Waals surface area contributed by atoms with E-state index in [0.717, 1.165) is 33.3 Å². The van der Waals surface area contributed by atoms with E-state index < -0.39 is 0 Å². The van der Waals surface area contributed by atoms with Gasteiger partial charge in [-0.05, 0) is 49.2 Å². The Morgan fingerprint density at radius 2 is 1.68 bits per heavy atom. The summed E-state index contributed by atoms with van der Waals surface area (Å²) in [7, 11) is 0. The summed E-state index contributed by atoms with van der Waals surface area (Å²) in [6.45, 7) is 4.06. The fourth-order valence-electron chi connectivity index (χ4n) is 3.46. The topological polar surface area (TPSA) is 54.9 Å². The molecule has 0 aliphatic heterocycles. The molecule has 0 aliphatic rings. The molecule has 1 N–H and O–H groups in total. The summed E-state index contributed by atoms with van der Waals surface area (Å²) < 4.78 is 0. The van der Waals surface area contributed by atoms with Crippen molar-refractivity contribution >= 4 is 16.8 Å². The Hall–Kier alpha value is -3.53. The standard InChI is InChI=1S/C24H21N3O/c1-16-7-3-4-8-19(16)17(2)26-24(28)21-15-23(18-11-13-25-14-12-18)27-22-10-6-5-9-20(21)22/h3-15,17H,1-2H3,(H,26,28)/t17-/m1/s1. The molecular weight excluding hydrogens is 346 g/mol. The van der Waals surface area contributed by atoms with Crippen molar-refractivity contribution in [2.75, 3.05) is 0 Å². The SMILES string of the molecule is Cc1ccccc1[C@@H](C)NC(=O)c1cc(-c2ccncc2)nc2ccccc12. The first-order valence-corrected chi connectivity index (χ1v) is 9.30. The normalized spacial score (nSPS) is 11.9. The Morgan fingerprint density at radius 3 is 2.46 bits per heavy atom. The van der Waals surface area contributed by atoms with Crippen LogP contribution in [0.2, 0.25) is 0 Å². The van der Waals surface area contributed by atoms with Gasteiger partial charge in [0.2, 0.25) is 0 Å². The number of pyridine rings is 2. The fraction of sp³-hybridized carbons (Fsp3) is 0.125. The maximum absolute atomic E-state index is 13.2. The van der Waals surface area contributed by atoms with Gasteiger partial charge in [0.25, 0.3) is 5.91 Å². The second-order valence-corrected chi connectivity index (χ2v) is 6.86. The van der Waals surface area contributed by atoms with Crippen LogP contribution in [0.3, 0.4) is 0 Å². The monoisotopic (exact) mass is 367 g/mol. The number of carbonyl (C=O) groups is 1. The first kappa shape index (κ1) is 17.9. The molecule has 28 heavy (non-hydrogen) atoms. The number of rotatable bonds is 4. The molecule has 1 atom stereocenters. The second-order valence-electron chi connectivity index (χ2n) is 6.86. The number of amides is 1. The summed E-state index contributed by atoms with van der Waals surface area (Å²) in [6, 6.07) is 21.4. The van der Waals surface area contributed by atoms with E-state index in [-0.39, 0.29) is 11.9 Å². The molecule has 0 saturated heterocycles. The summed E-state index contributed by atoms with van der Waals surface area (Å²) in [6.07, 6.45) is 3.46. The lowest BCUT2D eigenvalue weighted by molar-refractivity contribution is 0.0941. The van der Waals surface area contributed by atoms with E-state index in [0.29, 0.717) is 5.56 Å². The van der Waals surface area contributed by atoms with E-state index in [1.807, 2.05) is 67.6 Å². The molecule has 0 fully saturated rings. The number of aryl methyl sites for hydroxylation is 1. The van der Waals surface area contributed by atoms with Crippen LogP contribution in [-0.2, 0) is 0 Å². The molecule has 4 heteroatoms. The van der Waals surface area contributed by atoms with Gasteiger partial charge in [-0.3, -0.25) is 9.78 Å². The number of nitrogens with one attached hydrogen (secondary N) is 1. The lowest BCUT2D eigenvalue weighted by atomic mass is 10.0. The Morgan fingerprint density at radius 1 is 0.964 bits per heavy atom. The molecule has 0 bridgehead atoms. The van der Waals surface area contributed by atoms with Crippen LogP contribution in [0.1, 0.15) is 34.5 Å². The van der Waals surface area contributed by atoms with Gasteiger partial charge in [0, 0.05) is 23.3 Å². The lowest BCUT2D eigenvalue weighted by Gasteiger charge is -2.18. The van der Waals surface area contributed by atoms with Gasteiger partial charge in [0.1, 0.15) is 0 Å². The Bertz CT molecular complexity index is 1140. The summed E-state index contributed by atoms with van der Waals surface area (Å²) in [5, 5.41) is 3.99. The van der Waals surface area contributed by atoms with Crippen LogP contribution in [0, 0.1) is 6.92 Å². The Balaban J connectivity index is 1.75. The average molecular weight is 367 g/mol. The van der Waals surface area contributed by atoms with Gasteiger partial charge in [-0.1, -0.05) is 42.5 Å². The molecule has 0 unspecified atom stereocenters. The number of hydrogen-bond acceptors (Lipinski definition) is 3. The van der Waals surface area contributed by atoms with Crippen molar-refractivity contribution in [3.8, 4) is 11.3 Å². The van der Waals surface area contributed by atoms with E-state index >= 15 is 0 Å². The molecule has 4 nitrogen and oxygen atoms in total. The molecular formula is C24H21N3O. The van der Waals surface area contributed by atoms with Gasteiger partial charge >= 0.3 is 0 Å². The lowest BCUT2D eigenvalue weighted by Crippen LogP contribution is -2.27. The van der Waals surface area contributed by atoms with Gasteiger partial charge in [-0.15, -0.1) is 0 Å². The van der Waals surface area contributed by atoms with Gasteiger partial charge in [0.15, 0.2) is 0 Å². The van der Waals surface area contributed by atoms with Crippen molar-refractivity contribution in [3.05, 3.63) is 95.8 Å². The molecule has 2 heterocycles. The summed E-state index contributed by atoms with van der Waals surface area (Å²) in [5.41, 5.74) is 5.39. The molecule has 0 aliphatic carbocycles. The number of nitrogens with zero attached hydrogens (tertiary/aromatic N) is 2. The number of aromatic nitrogens is 2. The number of hydrogen-bond donors (Lipinski definition) is 1. The predicted octanol–water partition coefficient (Wildman–Crippen LogP) is 5.10. The molecule has 1 amide bonds. The van der Waals surface area contributed by atoms with Crippen LogP contribution in [-0.4, -0.2) is 15.9 Å². The Kier molecular flexibility index (Phi) is 4.85. The maximum atomic E-state index is 13.2. The third-order valence-corrected chi connectivity index (χ3v) is 4.94. The summed E-state index contributed by atoms with van der Waals surface area (Å²) in [5.74, 6) is -0.107. The number of para-hydroxylation sites is 1. The molecule has 0 saturated carbocycles. The highest BCUT2D eigenvalue weighted by molar-refractivity contribution is 6.07. The highest BCUT2D eigenvalue weighted by atomic mass is 16.1. The first-order valence-electron chi connectivity index (χ1n) is 9.30. The van der Waals surface area contributed by atoms with E-state index in [2.05, 4.69) is 23.3 Å². The van der Waals surface area contributed by atoms with Crippen LogP contribution >= 0.6 is 0 Å². The summed E-state index contributed by atoms with van der Waals surface area (Å²) >= 11 is 0. The zero-order chi connectivity index (χ0) is 19.5. The molecule has 138 valence electrons. The average Bonchev–Trinajstić information content (AvgIpc) is 2.73. The van der Waals surface area contributed by atoms with E-state index in [9.17, 15) is 4.79 Å². The van der Waals surface area contributed by atoms with E-state index in [1.165, 1.54) is 0 Å². The quantitative estimate of drug-likeness (QED) is 0.546. The number of carbonyl (C=O) groups excluding carboxylic acids is 1. The summed E-state index contributed by atoms with van der Waals surface area (Å²) in [4.78, 5) is 22.0. The van der Waals surface area contributed by atoms with Gasteiger partial charge in [-0.2, -0.15) is 0 Å². The van der Waals surface area contributed by atoms with Gasteiger partial charge < -0.3 is 5.32 Å². The van der Waals surface area contributed by atoms with Crippen LogP contribution in [0.15, 0.2) is 79.1 Å². The van der Waals surface area contributed by atoms with E-state index in [4.69, 9.17) is 4.98 Å². The minimum absolute atomic E-state index is 0.0926. The van der Waals surface area contributed by atoms with Crippen molar-refractivity contribution in [2.45, 2.75) is 19.9 Å². The van der Waals surface area contributed by atoms with Crippen molar-refractivity contribution in [1.29, 1.82) is 0 Å². The van der Waals surface area contributed by atoms with Crippen molar-refractivity contribution in [1.82, 2.24) is 15.3 Å². The first-order chi connectivity index (χ1) is 13.6. The smallest absolute Gasteiger partial charge is 0.252 e. The Labute approximate surface area is 164 Å². The largest absolute Gasteiger partial charge is 0.345 e. The molecule has 0 spiro atoms.